The lowest BCUT2D eigenvalue weighted by molar-refractivity contribution is 0.109. The van der Waals surface area contributed by atoms with E-state index < -0.39 is 22.3 Å². The maximum Gasteiger partial charge on any atom is 0.412 e. The molecule has 0 bridgehead atoms. The van der Waals surface area contributed by atoms with E-state index in [1.54, 1.807) is 24.3 Å². The van der Waals surface area contributed by atoms with Crippen molar-refractivity contribution >= 4 is 21.9 Å². The van der Waals surface area contributed by atoms with Gasteiger partial charge in [-0.25, -0.2) is 4.79 Å². The monoisotopic (exact) mass is 483 g/mol. The van der Waals surface area contributed by atoms with Gasteiger partial charge in [-0.15, -0.1) is 0 Å². The molecule has 1 aliphatic heterocycles. The van der Waals surface area contributed by atoms with Crippen LogP contribution in [0.2, 0.25) is 0 Å². The Morgan fingerprint density at radius 1 is 1.09 bits per heavy atom. The van der Waals surface area contributed by atoms with Crippen LogP contribution in [0.4, 0.5) is 10.5 Å². The Morgan fingerprint density at radius 2 is 1.82 bits per heavy atom. The Hall–Kier alpha value is -3.56. The summed E-state index contributed by atoms with van der Waals surface area (Å²) in [6, 6.07) is 18.9. The number of carbonyl (C=O) groups excluding carboxylic acids is 1. The number of aryl methyl sites for hydroxylation is 2. The van der Waals surface area contributed by atoms with Crippen molar-refractivity contribution in [3.05, 3.63) is 83.4 Å². The molecule has 1 aliphatic rings. The minimum atomic E-state index is -3.93. The topological polar surface area (TPSA) is 111 Å². The van der Waals surface area contributed by atoms with Gasteiger partial charge in [0.1, 0.15) is 19.3 Å². The molecule has 3 aromatic carbocycles. The molecule has 2 N–H and O–H groups in total. The van der Waals surface area contributed by atoms with Crippen LogP contribution in [0, 0.1) is 6.92 Å². The number of fused-ring (bicyclic) bond motifs is 1. The molecule has 1 atom stereocenters. The fraction of sp³-hybridized carbons (Fsp3) is 0.240. The van der Waals surface area contributed by atoms with Gasteiger partial charge in [0.25, 0.3) is 10.1 Å². The highest BCUT2D eigenvalue weighted by atomic mass is 32.2. The standard InChI is InChI=1S/C25H25NO7S/c1-17-7-12-21(13-8-17)34(29,30)32-16-20-11-9-19-10-14-22(23(27)24(19)33-20)26-25(28)31-15-18-5-3-2-4-6-18/h2-8,10,12-14,20,27H,9,11,15-16H2,1H3,(H,26,28). The molecule has 34 heavy (non-hydrogen) atoms. The van der Waals surface area contributed by atoms with Gasteiger partial charge < -0.3 is 14.6 Å². The van der Waals surface area contributed by atoms with E-state index in [-0.39, 0.29) is 35.3 Å². The number of nitrogens with one attached hydrogen (secondary N) is 1. The van der Waals surface area contributed by atoms with E-state index >= 15 is 0 Å². The lowest BCUT2D eigenvalue weighted by Gasteiger charge is -2.27. The third kappa shape index (κ3) is 5.67. The minimum Gasteiger partial charge on any atom is -0.503 e. The smallest absolute Gasteiger partial charge is 0.412 e. The van der Waals surface area contributed by atoms with Gasteiger partial charge in [-0.1, -0.05) is 54.1 Å². The Morgan fingerprint density at radius 3 is 2.56 bits per heavy atom. The predicted octanol–water partition coefficient (Wildman–Crippen LogP) is 4.55. The first-order valence-electron chi connectivity index (χ1n) is 10.8. The van der Waals surface area contributed by atoms with E-state index in [4.69, 9.17) is 13.7 Å². The molecule has 3 aromatic rings. The van der Waals surface area contributed by atoms with Crippen molar-refractivity contribution in [3.63, 3.8) is 0 Å². The second-order valence-corrected chi connectivity index (χ2v) is 9.58. The van der Waals surface area contributed by atoms with Gasteiger partial charge in [0, 0.05) is 0 Å². The van der Waals surface area contributed by atoms with Crippen molar-refractivity contribution in [3.8, 4) is 11.5 Å². The largest absolute Gasteiger partial charge is 0.503 e. The summed E-state index contributed by atoms with van der Waals surface area (Å²) in [5.74, 6) is -0.0614. The zero-order valence-corrected chi connectivity index (χ0v) is 19.4. The van der Waals surface area contributed by atoms with Crippen molar-refractivity contribution in [1.29, 1.82) is 0 Å². The van der Waals surface area contributed by atoms with Crippen molar-refractivity contribution in [2.75, 3.05) is 11.9 Å². The van der Waals surface area contributed by atoms with Crippen LogP contribution in [-0.4, -0.2) is 32.3 Å². The van der Waals surface area contributed by atoms with Gasteiger partial charge in [0.05, 0.1) is 10.6 Å². The Labute approximate surface area is 198 Å². The van der Waals surface area contributed by atoms with Gasteiger partial charge in [-0.2, -0.15) is 8.42 Å². The number of amides is 1. The maximum absolute atomic E-state index is 12.4. The number of hydrogen-bond acceptors (Lipinski definition) is 7. The van der Waals surface area contributed by atoms with Crippen LogP contribution >= 0.6 is 0 Å². The number of rotatable bonds is 7. The Kier molecular flexibility index (Phi) is 7.04. The summed E-state index contributed by atoms with van der Waals surface area (Å²) in [6.07, 6.45) is -0.236. The van der Waals surface area contributed by atoms with Crippen LogP contribution in [0.15, 0.2) is 71.6 Å². The summed E-state index contributed by atoms with van der Waals surface area (Å²) in [7, 11) is -3.93. The molecule has 0 saturated heterocycles. The third-order valence-corrected chi connectivity index (χ3v) is 6.70. The second kappa shape index (κ2) is 10.1. The molecule has 1 unspecified atom stereocenters. The average Bonchev–Trinajstić information content (AvgIpc) is 2.84. The van der Waals surface area contributed by atoms with Crippen LogP contribution in [0.25, 0.3) is 0 Å². The number of ether oxygens (including phenoxy) is 2. The van der Waals surface area contributed by atoms with Crippen LogP contribution in [0.5, 0.6) is 11.5 Å². The number of hydrogen-bond donors (Lipinski definition) is 2. The van der Waals surface area contributed by atoms with Crippen LogP contribution < -0.4 is 10.1 Å². The molecule has 1 amide bonds. The van der Waals surface area contributed by atoms with Crippen molar-refractivity contribution in [2.24, 2.45) is 0 Å². The van der Waals surface area contributed by atoms with E-state index in [1.165, 1.54) is 12.1 Å². The number of anilines is 1. The Bertz CT molecular complexity index is 1260. The van der Waals surface area contributed by atoms with Crippen molar-refractivity contribution in [1.82, 2.24) is 0 Å². The molecule has 0 radical (unpaired) electrons. The lowest BCUT2D eigenvalue weighted by Crippen LogP contribution is -2.29. The first-order valence-corrected chi connectivity index (χ1v) is 12.2. The van der Waals surface area contributed by atoms with Gasteiger partial charge in [-0.05, 0) is 49.1 Å². The first-order chi connectivity index (χ1) is 16.3. The molecule has 0 fully saturated rings. The molecule has 0 aliphatic carbocycles. The number of benzene rings is 3. The fourth-order valence-electron chi connectivity index (χ4n) is 3.51. The van der Waals surface area contributed by atoms with Crippen LogP contribution in [-0.2, 0) is 32.1 Å². The predicted molar refractivity (Wildman–Crippen MR) is 125 cm³/mol. The normalized spacial score (nSPS) is 15.1. The van der Waals surface area contributed by atoms with Gasteiger partial charge >= 0.3 is 6.09 Å². The van der Waals surface area contributed by atoms with Gasteiger partial charge in [0.15, 0.2) is 11.5 Å². The summed E-state index contributed by atoms with van der Waals surface area (Å²) in [6.45, 7) is 1.75. The first kappa shape index (κ1) is 23.6. The molecule has 0 aromatic heterocycles. The summed E-state index contributed by atoms with van der Waals surface area (Å²) in [4.78, 5) is 12.2. The molecule has 1 heterocycles. The molecule has 0 spiro atoms. The van der Waals surface area contributed by atoms with Crippen molar-refractivity contribution < 1.29 is 32.0 Å². The number of carbonyl (C=O) groups is 1. The zero-order valence-electron chi connectivity index (χ0n) is 18.6. The molecular formula is C25H25NO7S. The third-order valence-electron chi connectivity index (χ3n) is 5.40. The SMILES string of the molecule is Cc1ccc(S(=O)(=O)OCC2CCc3ccc(NC(=O)OCc4ccccc4)c(O)c3O2)cc1. The second-order valence-electron chi connectivity index (χ2n) is 7.97. The summed E-state index contributed by atoms with van der Waals surface area (Å²) in [5, 5.41) is 13.2. The lowest BCUT2D eigenvalue weighted by atomic mass is 10.0. The van der Waals surface area contributed by atoms with Crippen LogP contribution in [0.1, 0.15) is 23.1 Å². The van der Waals surface area contributed by atoms with Gasteiger partial charge in [-0.3, -0.25) is 9.50 Å². The van der Waals surface area contributed by atoms with E-state index in [9.17, 15) is 18.3 Å². The average molecular weight is 484 g/mol. The fourth-order valence-corrected chi connectivity index (χ4v) is 4.45. The highest BCUT2D eigenvalue weighted by molar-refractivity contribution is 7.86. The van der Waals surface area contributed by atoms with E-state index in [0.29, 0.717) is 12.8 Å². The van der Waals surface area contributed by atoms with E-state index in [1.807, 2.05) is 37.3 Å². The summed E-state index contributed by atoms with van der Waals surface area (Å²) < 4.78 is 41.1. The quantitative estimate of drug-likeness (QED) is 0.375. The van der Waals surface area contributed by atoms with E-state index in [0.717, 1.165) is 16.7 Å². The van der Waals surface area contributed by atoms with Crippen molar-refractivity contribution in [2.45, 2.75) is 37.4 Å². The molecular weight excluding hydrogens is 458 g/mol. The highest BCUT2D eigenvalue weighted by Crippen LogP contribution is 2.41. The zero-order chi connectivity index (χ0) is 24.1. The minimum absolute atomic E-state index is 0.0673. The summed E-state index contributed by atoms with van der Waals surface area (Å²) in [5.41, 5.74) is 2.65. The molecule has 8 nitrogen and oxygen atoms in total. The number of phenols is 1. The van der Waals surface area contributed by atoms with Gasteiger partial charge in [0.2, 0.25) is 0 Å². The van der Waals surface area contributed by atoms with Crippen LogP contribution in [0.3, 0.4) is 0 Å². The molecule has 4 rings (SSSR count). The number of phenolic OH excluding ortho intramolecular Hbond substituents is 1. The maximum atomic E-state index is 12.4. The highest BCUT2D eigenvalue weighted by Gasteiger charge is 2.27. The Balaban J connectivity index is 1.37. The number of aromatic hydroxyl groups is 1. The molecule has 0 saturated carbocycles. The molecule has 9 heteroatoms. The molecule has 178 valence electrons. The van der Waals surface area contributed by atoms with E-state index in [2.05, 4.69) is 5.32 Å². The summed E-state index contributed by atoms with van der Waals surface area (Å²) >= 11 is 0.